The fourth-order valence-electron chi connectivity index (χ4n) is 1.73. The van der Waals surface area contributed by atoms with Crippen molar-refractivity contribution in [3.8, 4) is 0 Å². The van der Waals surface area contributed by atoms with E-state index in [1.54, 1.807) is 0 Å². The molecular formula is C16H20. The predicted molar refractivity (Wildman–Crippen MR) is 72.6 cm³/mol. The van der Waals surface area contributed by atoms with Crippen molar-refractivity contribution >= 4 is 0 Å². The van der Waals surface area contributed by atoms with Gasteiger partial charge in [0.05, 0.1) is 0 Å². The van der Waals surface area contributed by atoms with Crippen molar-refractivity contribution in [1.29, 1.82) is 0 Å². The van der Waals surface area contributed by atoms with Gasteiger partial charge in [-0.3, -0.25) is 0 Å². The van der Waals surface area contributed by atoms with Crippen LogP contribution in [0.3, 0.4) is 0 Å². The van der Waals surface area contributed by atoms with Crippen LogP contribution in [0.5, 0.6) is 0 Å². The van der Waals surface area contributed by atoms with Gasteiger partial charge in [0.25, 0.3) is 0 Å². The van der Waals surface area contributed by atoms with Gasteiger partial charge >= 0.3 is 0 Å². The average molecular weight is 212 g/mol. The molecule has 0 radical (unpaired) electrons. The summed E-state index contributed by atoms with van der Waals surface area (Å²) in [5.74, 6) is 0.451. The van der Waals surface area contributed by atoms with Gasteiger partial charge in [0.1, 0.15) is 0 Å². The number of benzene rings is 1. The SMILES string of the molecule is C=CC/C=C\C(=C/C)C(C)c1ccccc1. The zero-order chi connectivity index (χ0) is 11.8. The second-order valence-corrected chi connectivity index (χ2v) is 3.85. The highest BCUT2D eigenvalue weighted by molar-refractivity contribution is 5.33. The van der Waals surface area contributed by atoms with Crippen molar-refractivity contribution < 1.29 is 0 Å². The highest BCUT2D eigenvalue weighted by Gasteiger charge is 2.06. The fourth-order valence-corrected chi connectivity index (χ4v) is 1.73. The quantitative estimate of drug-likeness (QED) is 0.482. The minimum Gasteiger partial charge on any atom is -0.103 e. The zero-order valence-corrected chi connectivity index (χ0v) is 10.2. The molecule has 0 aliphatic carbocycles. The van der Waals surface area contributed by atoms with Gasteiger partial charge in [-0.1, -0.05) is 61.6 Å². The standard InChI is InChI=1S/C16H20/c1-4-6-8-11-15(5-2)14(3)16-12-9-7-10-13-16/h4-5,7-14H,1,6H2,2-3H3/b11-8-,15-5+. The molecule has 1 aromatic carbocycles. The molecule has 0 N–H and O–H groups in total. The Morgan fingerprint density at radius 2 is 2.00 bits per heavy atom. The van der Waals surface area contributed by atoms with E-state index in [9.17, 15) is 0 Å². The van der Waals surface area contributed by atoms with Crippen LogP contribution in [0.25, 0.3) is 0 Å². The lowest BCUT2D eigenvalue weighted by molar-refractivity contribution is 0.917. The average Bonchev–Trinajstić information content (AvgIpc) is 2.35. The molecule has 0 aliphatic rings. The summed E-state index contributed by atoms with van der Waals surface area (Å²) in [6, 6.07) is 10.6. The molecule has 1 unspecified atom stereocenters. The van der Waals surface area contributed by atoms with Crippen molar-refractivity contribution in [3.05, 3.63) is 72.4 Å². The molecule has 0 fully saturated rings. The summed E-state index contributed by atoms with van der Waals surface area (Å²) in [5, 5.41) is 0. The fraction of sp³-hybridized carbons (Fsp3) is 0.250. The summed E-state index contributed by atoms with van der Waals surface area (Å²) in [5.41, 5.74) is 2.71. The molecule has 0 spiro atoms. The molecule has 0 heteroatoms. The Bertz CT molecular complexity index is 368. The summed E-state index contributed by atoms with van der Waals surface area (Å²) >= 11 is 0. The Balaban J connectivity index is 2.78. The summed E-state index contributed by atoms with van der Waals surface area (Å²) in [6.45, 7) is 8.04. The Morgan fingerprint density at radius 3 is 2.56 bits per heavy atom. The van der Waals surface area contributed by atoms with E-state index in [4.69, 9.17) is 0 Å². The molecule has 0 heterocycles. The van der Waals surface area contributed by atoms with Crippen molar-refractivity contribution in [2.24, 2.45) is 0 Å². The van der Waals surface area contributed by atoms with E-state index < -0.39 is 0 Å². The van der Waals surface area contributed by atoms with Gasteiger partial charge in [0.15, 0.2) is 0 Å². The Hall–Kier alpha value is -1.56. The molecule has 0 saturated heterocycles. The van der Waals surface area contributed by atoms with Gasteiger partial charge in [-0.05, 0) is 24.5 Å². The van der Waals surface area contributed by atoms with E-state index in [1.807, 2.05) is 6.08 Å². The smallest absolute Gasteiger partial charge is 0.00576 e. The summed E-state index contributed by atoms with van der Waals surface area (Å²) in [7, 11) is 0. The van der Waals surface area contributed by atoms with Gasteiger partial charge in [-0.15, -0.1) is 6.58 Å². The van der Waals surface area contributed by atoms with Crippen molar-refractivity contribution in [2.75, 3.05) is 0 Å². The molecule has 1 atom stereocenters. The first-order valence-corrected chi connectivity index (χ1v) is 5.78. The number of allylic oxidation sites excluding steroid dienone is 5. The number of hydrogen-bond acceptors (Lipinski definition) is 0. The molecule has 0 nitrogen and oxygen atoms in total. The molecule has 16 heavy (non-hydrogen) atoms. The maximum absolute atomic E-state index is 3.72. The molecule has 1 rings (SSSR count). The van der Waals surface area contributed by atoms with Crippen LogP contribution in [-0.2, 0) is 0 Å². The lowest BCUT2D eigenvalue weighted by Gasteiger charge is -2.13. The molecule has 0 bridgehead atoms. The van der Waals surface area contributed by atoms with E-state index in [1.165, 1.54) is 11.1 Å². The van der Waals surface area contributed by atoms with Crippen LogP contribution in [0.2, 0.25) is 0 Å². The monoisotopic (exact) mass is 212 g/mol. The maximum Gasteiger partial charge on any atom is 0.00576 e. The van der Waals surface area contributed by atoms with Crippen LogP contribution < -0.4 is 0 Å². The van der Waals surface area contributed by atoms with Crippen LogP contribution in [0.1, 0.15) is 31.7 Å². The molecule has 0 aromatic heterocycles. The minimum absolute atomic E-state index is 0.451. The van der Waals surface area contributed by atoms with E-state index in [0.717, 1.165) is 6.42 Å². The van der Waals surface area contributed by atoms with Gasteiger partial charge in [-0.2, -0.15) is 0 Å². The Labute approximate surface area is 99.0 Å². The van der Waals surface area contributed by atoms with Gasteiger partial charge in [0, 0.05) is 5.92 Å². The maximum atomic E-state index is 3.72. The largest absolute Gasteiger partial charge is 0.103 e. The van der Waals surface area contributed by atoms with Crippen LogP contribution in [0.4, 0.5) is 0 Å². The highest BCUT2D eigenvalue weighted by Crippen LogP contribution is 2.24. The normalized spacial score (nSPS) is 14.0. The summed E-state index contributed by atoms with van der Waals surface area (Å²) < 4.78 is 0. The molecule has 0 saturated carbocycles. The third-order valence-electron chi connectivity index (χ3n) is 2.75. The van der Waals surface area contributed by atoms with Crippen LogP contribution in [0, 0.1) is 0 Å². The minimum atomic E-state index is 0.451. The van der Waals surface area contributed by atoms with Crippen molar-refractivity contribution in [2.45, 2.75) is 26.2 Å². The summed E-state index contributed by atoms with van der Waals surface area (Å²) in [4.78, 5) is 0. The van der Waals surface area contributed by atoms with Crippen LogP contribution >= 0.6 is 0 Å². The Morgan fingerprint density at radius 1 is 1.31 bits per heavy atom. The van der Waals surface area contributed by atoms with E-state index in [-0.39, 0.29) is 0 Å². The first kappa shape index (κ1) is 12.5. The predicted octanol–water partition coefficient (Wildman–Crippen LogP) is 4.87. The van der Waals surface area contributed by atoms with Gasteiger partial charge < -0.3 is 0 Å². The lowest BCUT2D eigenvalue weighted by atomic mass is 9.92. The zero-order valence-electron chi connectivity index (χ0n) is 10.2. The van der Waals surface area contributed by atoms with Crippen molar-refractivity contribution in [1.82, 2.24) is 0 Å². The first-order valence-electron chi connectivity index (χ1n) is 5.78. The topological polar surface area (TPSA) is 0 Å². The van der Waals surface area contributed by atoms with E-state index in [2.05, 4.69) is 69.0 Å². The number of rotatable bonds is 5. The van der Waals surface area contributed by atoms with Crippen LogP contribution in [-0.4, -0.2) is 0 Å². The lowest BCUT2D eigenvalue weighted by Crippen LogP contribution is -1.95. The molecule has 0 amide bonds. The molecule has 1 aromatic rings. The van der Waals surface area contributed by atoms with Crippen LogP contribution in [0.15, 0.2) is 66.8 Å². The second-order valence-electron chi connectivity index (χ2n) is 3.85. The van der Waals surface area contributed by atoms with Gasteiger partial charge in [-0.25, -0.2) is 0 Å². The van der Waals surface area contributed by atoms with Crippen molar-refractivity contribution in [3.63, 3.8) is 0 Å². The Kier molecular flexibility index (Phi) is 5.35. The third kappa shape index (κ3) is 3.54. The molecule has 84 valence electrons. The third-order valence-corrected chi connectivity index (χ3v) is 2.75. The summed E-state index contributed by atoms with van der Waals surface area (Å²) in [6.07, 6.45) is 9.37. The molecule has 0 aliphatic heterocycles. The second kappa shape index (κ2) is 6.84. The first-order chi connectivity index (χ1) is 7.79. The van der Waals surface area contributed by atoms with E-state index in [0.29, 0.717) is 5.92 Å². The van der Waals surface area contributed by atoms with Gasteiger partial charge in [0.2, 0.25) is 0 Å². The number of hydrogen-bond donors (Lipinski definition) is 0. The highest BCUT2D eigenvalue weighted by atomic mass is 14.1. The molecular weight excluding hydrogens is 192 g/mol. The van der Waals surface area contributed by atoms with E-state index >= 15 is 0 Å².